The molecular weight excluding hydrogens is 251 g/mol. The van der Waals surface area contributed by atoms with E-state index in [0.717, 1.165) is 5.56 Å². The molecule has 104 valence electrons. The first-order valence-electron chi connectivity index (χ1n) is 6.06. The highest BCUT2D eigenvalue weighted by Gasteiger charge is 2.01. The third-order valence-corrected chi connectivity index (χ3v) is 2.47. The van der Waals surface area contributed by atoms with Gasteiger partial charge in [-0.25, -0.2) is 9.18 Å². The topological polar surface area (TPSA) is 78.4 Å². The van der Waals surface area contributed by atoms with Gasteiger partial charge in [-0.15, -0.1) is 0 Å². The van der Waals surface area contributed by atoms with E-state index in [1.54, 1.807) is 12.1 Å². The summed E-state index contributed by atoms with van der Waals surface area (Å²) in [5.41, 5.74) is 0.808. The second kappa shape index (κ2) is 8.07. The molecule has 0 atom stereocenters. The Hall–Kier alpha value is -2.11. The number of benzene rings is 1. The Kier molecular flexibility index (Phi) is 6.35. The monoisotopic (exact) mass is 268 g/mol. The lowest BCUT2D eigenvalue weighted by Gasteiger charge is -2.07. The number of hydrogen-bond acceptors (Lipinski definition) is 2. The summed E-state index contributed by atoms with van der Waals surface area (Å²) in [6.45, 7) is 0.754. The molecule has 0 heterocycles. The van der Waals surface area contributed by atoms with Crippen molar-refractivity contribution < 1.29 is 19.1 Å². The Balaban J connectivity index is 2.11. The van der Waals surface area contributed by atoms with Crippen molar-refractivity contribution in [2.24, 2.45) is 0 Å². The number of carbonyl (C=O) groups excluding carboxylic acids is 1. The lowest BCUT2D eigenvalue weighted by Crippen LogP contribution is -2.35. The minimum Gasteiger partial charge on any atom is -0.481 e. The van der Waals surface area contributed by atoms with Gasteiger partial charge in [-0.05, 0) is 30.5 Å². The molecule has 0 aliphatic rings. The first kappa shape index (κ1) is 14.9. The van der Waals surface area contributed by atoms with Crippen LogP contribution in [0, 0.1) is 5.82 Å². The van der Waals surface area contributed by atoms with Crippen LogP contribution in [0.15, 0.2) is 24.3 Å². The minimum atomic E-state index is -0.833. The molecule has 3 N–H and O–H groups in total. The molecule has 6 heteroatoms. The Morgan fingerprint density at radius 3 is 2.42 bits per heavy atom. The van der Waals surface area contributed by atoms with Crippen molar-refractivity contribution in [2.75, 3.05) is 6.54 Å². The number of rotatable bonds is 7. The largest absolute Gasteiger partial charge is 0.481 e. The first-order valence-corrected chi connectivity index (χ1v) is 6.06. The Labute approximate surface area is 110 Å². The molecule has 1 aromatic carbocycles. The van der Waals surface area contributed by atoms with Crippen molar-refractivity contribution >= 4 is 12.0 Å². The highest BCUT2D eigenvalue weighted by Crippen LogP contribution is 2.01. The third kappa shape index (κ3) is 7.03. The van der Waals surface area contributed by atoms with E-state index in [1.165, 1.54) is 12.1 Å². The molecule has 0 aliphatic heterocycles. The van der Waals surface area contributed by atoms with E-state index in [0.29, 0.717) is 25.9 Å². The van der Waals surface area contributed by atoms with E-state index in [-0.39, 0.29) is 18.3 Å². The number of amides is 2. The lowest BCUT2D eigenvalue weighted by molar-refractivity contribution is -0.137. The van der Waals surface area contributed by atoms with Gasteiger partial charge in [0.05, 0.1) is 0 Å². The summed E-state index contributed by atoms with van der Waals surface area (Å²) in [4.78, 5) is 21.6. The Morgan fingerprint density at radius 2 is 1.79 bits per heavy atom. The molecule has 0 radical (unpaired) electrons. The average molecular weight is 268 g/mol. The van der Waals surface area contributed by atoms with Gasteiger partial charge in [-0.2, -0.15) is 0 Å². The number of urea groups is 1. The van der Waals surface area contributed by atoms with Crippen molar-refractivity contribution in [1.82, 2.24) is 10.6 Å². The highest BCUT2D eigenvalue weighted by atomic mass is 19.1. The van der Waals surface area contributed by atoms with Gasteiger partial charge in [0, 0.05) is 19.5 Å². The smallest absolute Gasteiger partial charge is 0.315 e. The number of hydrogen-bond donors (Lipinski definition) is 3. The second-order valence-electron chi connectivity index (χ2n) is 4.09. The fourth-order valence-corrected chi connectivity index (χ4v) is 1.45. The number of unbranched alkanes of at least 4 members (excludes halogenated alkanes) is 1. The van der Waals surface area contributed by atoms with Crippen LogP contribution in [0.4, 0.5) is 9.18 Å². The summed E-state index contributed by atoms with van der Waals surface area (Å²) >= 11 is 0. The van der Waals surface area contributed by atoms with Crippen LogP contribution in [0.2, 0.25) is 0 Å². The van der Waals surface area contributed by atoms with Gasteiger partial charge in [0.2, 0.25) is 0 Å². The van der Waals surface area contributed by atoms with Gasteiger partial charge < -0.3 is 15.7 Å². The molecule has 0 unspecified atom stereocenters. The Morgan fingerprint density at radius 1 is 1.11 bits per heavy atom. The zero-order valence-corrected chi connectivity index (χ0v) is 10.5. The van der Waals surface area contributed by atoms with Crippen LogP contribution >= 0.6 is 0 Å². The van der Waals surface area contributed by atoms with Crippen LogP contribution in [0.25, 0.3) is 0 Å². The van der Waals surface area contributed by atoms with E-state index in [2.05, 4.69) is 10.6 Å². The van der Waals surface area contributed by atoms with Gasteiger partial charge >= 0.3 is 12.0 Å². The molecule has 0 saturated heterocycles. The fourth-order valence-electron chi connectivity index (χ4n) is 1.45. The van der Waals surface area contributed by atoms with Crippen LogP contribution in [0.3, 0.4) is 0 Å². The zero-order chi connectivity index (χ0) is 14.1. The van der Waals surface area contributed by atoms with E-state index >= 15 is 0 Å². The van der Waals surface area contributed by atoms with Crippen molar-refractivity contribution in [2.45, 2.75) is 25.8 Å². The summed E-state index contributed by atoms with van der Waals surface area (Å²) < 4.78 is 12.6. The van der Waals surface area contributed by atoms with Gasteiger partial charge in [-0.3, -0.25) is 4.79 Å². The normalized spacial score (nSPS) is 9.95. The van der Waals surface area contributed by atoms with E-state index in [1.807, 2.05) is 0 Å². The number of carboxylic acid groups (broad SMARTS) is 1. The number of carbonyl (C=O) groups is 2. The maximum absolute atomic E-state index is 12.6. The van der Waals surface area contributed by atoms with Crippen molar-refractivity contribution in [3.8, 4) is 0 Å². The van der Waals surface area contributed by atoms with Crippen LogP contribution < -0.4 is 10.6 Å². The van der Waals surface area contributed by atoms with Gasteiger partial charge in [-0.1, -0.05) is 12.1 Å². The Bertz CT molecular complexity index is 420. The molecule has 0 aromatic heterocycles. The van der Waals surface area contributed by atoms with Crippen molar-refractivity contribution in [3.63, 3.8) is 0 Å². The molecule has 0 saturated carbocycles. The highest BCUT2D eigenvalue weighted by molar-refractivity contribution is 5.73. The summed E-state index contributed by atoms with van der Waals surface area (Å²) in [6.07, 6.45) is 1.27. The molecule has 2 amide bonds. The van der Waals surface area contributed by atoms with Gasteiger partial charge in [0.1, 0.15) is 5.82 Å². The molecular formula is C13H17FN2O3. The summed E-state index contributed by atoms with van der Waals surface area (Å²) in [7, 11) is 0. The van der Waals surface area contributed by atoms with Crippen LogP contribution in [-0.4, -0.2) is 23.7 Å². The molecule has 0 aliphatic carbocycles. The lowest BCUT2D eigenvalue weighted by atomic mass is 10.2. The molecule has 1 rings (SSSR count). The average Bonchev–Trinajstić information content (AvgIpc) is 2.37. The number of halogens is 1. The minimum absolute atomic E-state index is 0.110. The molecule has 0 bridgehead atoms. The van der Waals surface area contributed by atoms with Crippen LogP contribution in [0.5, 0.6) is 0 Å². The SMILES string of the molecule is O=C(O)CCCCNC(=O)NCc1ccc(F)cc1. The maximum atomic E-state index is 12.6. The number of carboxylic acids is 1. The van der Waals surface area contributed by atoms with Gasteiger partial charge in [0.15, 0.2) is 0 Å². The predicted molar refractivity (Wildman–Crippen MR) is 68.1 cm³/mol. The van der Waals surface area contributed by atoms with E-state index in [4.69, 9.17) is 5.11 Å². The summed E-state index contributed by atoms with van der Waals surface area (Å²) in [6, 6.07) is 5.55. The standard InChI is InChI=1S/C13H17FN2O3/c14-11-6-4-10(5-7-11)9-16-13(19)15-8-2-1-3-12(17)18/h4-7H,1-3,8-9H2,(H,17,18)(H2,15,16,19). The molecule has 1 aromatic rings. The van der Waals surface area contributed by atoms with Crippen molar-refractivity contribution in [3.05, 3.63) is 35.6 Å². The van der Waals surface area contributed by atoms with E-state index < -0.39 is 5.97 Å². The maximum Gasteiger partial charge on any atom is 0.315 e. The van der Waals surface area contributed by atoms with E-state index in [9.17, 15) is 14.0 Å². The first-order chi connectivity index (χ1) is 9.08. The van der Waals surface area contributed by atoms with Crippen LogP contribution in [-0.2, 0) is 11.3 Å². The van der Waals surface area contributed by atoms with Crippen LogP contribution in [0.1, 0.15) is 24.8 Å². The molecule has 0 fully saturated rings. The molecule has 5 nitrogen and oxygen atoms in total. The predicted octanol–water partition coefficient (Wildman–Crippen LogP) is 1.88. The second-order valence-corrected chi connectivity index (χ2v) is 4.09. The summed E-state index contributed by atoms with van der Waals surface area (Å²) in [5.74, 6) is -1.15. The number of aliphatic carboxylic acids is 1. The quantitative estimate of drug-likeness (QED) is 0.661. The summed E-state index contributed by atoms with van der Waals surface area (Å²) in [5, 5.41) is 13.7. The molecule has 0 spiro atoms. The fraction of sp³-hybridized carbons (Fsp3) is 0.385. The number of nitrogens with one attached hydrogen (secondary N) is 2. The third-order valence-electron chi connectivity index (χ3n) is 2.47. The van der Waals surface area contributed by atoms with Crippen molar-refractivity contribution in [1.29, 1.82) is 0 Å². The molecule has 19 heavy (non-hydrogen) atoms. The zero-order valence-electron chi connectivity index (χ0n) is 10.5. The van der Waals surface area contributed by atoms with Gasteiger partial charge in [0.25, 0.3) is 0 Å².